The van der Waals surface area contributed by atoms with Gasteiger partial charge in [-0.15, -0.1) is 0 Å². The lowest BCUT2D eigenvalue weighted by Gasteiger charge is -2.26. The van der Waals surface area contributed by atoms with Gasteiger partial charge in [-0.05, 0) is 43.0 Å². The summed E-state index contributed by atoms with van der Waals surface area (Å²) in [5.41, 5.74) is 3.78. The van der Waals surface area contributed by atoms with Gasteiger partial charge in [0.1, 0.15) is 11.5 Å². The first kappa shape index (κ1) is 18.6. The van der Waals surface area contributed by atoms with Crippen LogP contribution in [0.25, 0.3) is 0 Å². The smallest absolute Gasteiger partial charge is 0.163 e. The van der Waals surface area contributed by atoms with E-state index < -0.39 is 0 Å². The van der Waals surface area contributed by atoms with E-state index >= 15 is 0 Å². The minimum absolute atomic E-state index is 0.0383. The van der Waals surface area contributed by atoms with E-state index in [0.717, 1.165) is 12.2 Å². The van der Waals surface area contributed by atoms with Crippen LogP contribution in [0.5, 0.6) is 0 Å². The van der Waals surface area contributed by atoms with Gasteiger partial charge in [0, 0.05) is 5.41 Å². The lowest BCUT2D eigenvalue weighted by Crippen LogP contribution is -2.25. The Kier molecular flexibility index (Phi) is 4.25. The van der Waals surface area contributed by atoms with E-state index in [0.29, 0.717) is 11.3 Å². The maximum Gasteiger partial charge on any atom is 0.163 e. The highest BCUT2D eigenvalue weighted by Gasteiger charge is 2.72. The average Bonchev–Trinajstić information content (AvgIpc) is 3.36. The molecular formula is C28H24O2. The number of ketones is 1. The van der Waals surface area contributed by atoms with Crippen LogP contribution in [0.15, 0.2) is 101 Å². The maximum atomic E-state index is 12.2. The third-order valence-corrected chi connectivity index (χ3v) is 6.65. The van der Waals surface area contributed by atoms with E-state index in [1.54, 1.807) is 6.92 Å². The van der Waals surface area contributed by atoms with Crippen LogP contribution < -0.4 is 0 Å². The molecule has 2 heteroatoms. The molecule has 0 bridgehead atoms. The van der Waals surface area contributed by atoms with Gasteiger partial charge in [0.25, 0.3) is 0 Å². The van der Waals surface area contributed by atoms with E-state index in [4.69, 9.17) is 4.42 Å². The van der Waals surface area contributed by atoms with Crippen LogP contribution in [0, 0.1) is 6.92 Å². The lowest BCUT2D eigenvalue weighted by atomic mass is 9.76. The van der Waals surface area contributed by atoms with Gasteiger partial charge >= 0.3 is 0 Å². The summed E-state index contributed by atoms with van der Waals surface area (Å²) >= 11 is 0. The summed E-state index contributed by atoms with van der Waals surface area (Å²) in [5, 5.41) is 0. The molecule has 2 nitrogen and oxygen atoms in total. The molecule has 4 aromatic rings. The molecule has 1 aliphatic rings. The number of furan rings is 1. The van der Waals surface area contributed by atoms with Crippen molar-refractivity contribution in [1.29, 1.82) is 0 Å². The van der Waals surface area contributed by atoms with Crippen molar-refractivity contribution in [3.05, 3.63) is 131 Å². The molecule has 1 aromatic heterocycles. The number of aryl methyl sites for hydroxylation is 1. The van der Waals surface area contributed by atoms with Crippen LogP contribution in [0.2, 0.25) is 0 Å². The van der Waals surface area contributed by atoms with Gasteiger partial charge in [-0.2, -0.15) is 0 Å². The fourth-order valence-electron chi connectivity index (χ4n) is 5.22. The van der Waals surface area contributed by atoms with Crippen LogP contribution in [0.4, 0.5) is 0 Å². The predicted octanol–water partition coefficient (Wildman–Crippen LogP) is 6.47. The summed E-state index contributed by atoms with van der Waals surface area (Å²) in [6.07, 6.45) is 0.891. The molecular weight excluding hydrogens is 368 g/mol. The number of carbonyl (C=O) groups excluding carboxylic acids is 1. The Morgan fingerprint density at radius 2 is 1.17 bits per heavy atom. The Hall–Kier alpha value is -3.39. The second-order valence-electron chi connectivity index (χ2n) is 8.22. The molecule has 1 fully saturated rings. The lowest BCUT2D eigenvalue weighted by molar-refractivity contribution is 0.101. The van der Waals surface area contributed by atoms with Crippen molar-refractivity contribution in [2.24, 2.45) is 0 Å². The molecule has 5 rings (SSSR count). The largest absolute Gasteiger partial charge is 0.465 e. The van der Waals surface area contributed by atoms with Gasteiger partial charge in [-0.1, -0.05) is 91.0 Å². The third kappa shape index (κ3) is 2.53. The molecule has 148 valence electrons. The quantitative estimate of drug-likeness (QED) is 0.365. The summed E-state index contributed by atoms with van der Waals surface area (Å²) < 4.78 is 6.34. The van der Waals surface area contributed by atoms with Crippen molar-refractivity contribution in [2.45, 2.75) is 31.1 Å². The molecule has 0 spiro atoms. The molecule has 0 saturated heterocycles. The Morgan fingerprint density at radius 3 is 1.57 bits per heavy atom. The van der Waals surface area contributed by atoms with E-state index in [9.17, 15) is 4.79 Å². The normalized spacial score (nSPS) is 19.4. The van der Waals surface area contributed by atoms with E-state index in [2.05, 4.69) is 84.9 Å². The fraction of sp³-hybridized carbons (Fsp3) is 0.179. The fourth-order valence-corrected chi connectivity index (χ4v) is 5.22. The van der Waals surface area contributed by atoms with Gasteiger partial charge in [0.2, 0.25) is 0 Å². The molecule has 0 aliphatic heterocycles. The zero-order valence-electron chi connectivity index (χ0n) is 17.3. The van der Waals surface area contributed by atoms with Crippen LogP contribution in [-0.4, -0.2) is 5.78 Å². The number of rotatable bonds is 5. The standard InChI is InChI=1S/C28H24O2/c1-20(29)25-18-26(30-21(25)2)28(24-16-10-5-11-17-24)19-27(28,22-12-6-3-7-13-22)23-14-8-4-9-15-23/h3-18H,19H2,1-2H3/t28-/m1/s1. The molecule has 1 atom stereocenters. The van der Waals surface area contributed by atoms with Crippen LogP contribution in [0.3, 0.4) is 0 Å². The molecule has 3 aromatic carbocycles. The molecule has 0 amide bonds. The summed E-state index contributed by atoms with van der Waals surface area (Å²) in [5.74, 6) is 1.59. The molecule has 0 radical (unpaired) electrons. The zero-order valence-corrected chi connectivity index (χ0v) is 17.3. The van der Waals surface area contributed by atoms with E-state index in [1.165, 1.54) is 16.7 Å². The van der Waals surface area contributed by atoms with Gasteiger partial charge in [-0.3, -0.25) is 4.79 Å². The monoisotopic (exact) mass is 392 g/mol. The first-order chi connectivity index (χ1) is 14.6. The van der Waals surface area contributed by atoms with Crippen molar-refractivity contribution >= 4 is 5.78 Å². The topological polar surface area (TPSA) is 30.2 Å². The highest BCUT2D eigenvalue weighted by Crippen LogP contribution is 2.72. The Morgan fingerprint density at radius 1 is 0.733 bits per heavy atom. The minimum atomic E-state index is -0.366. The first-order valence-corrected chi connectivity index (χ1v) is 10.4. The minimum Gasteiger partial charge on any atom is -0.465 e. The van der Waals surface area contributed by atoms with Crippen molar-refractivity contribution in [1.82, 2.24) is 0 Å². The Balaban J connectivity index is 1.82. The van der Waals surface area contributed by atoms with Crippen molar-refractivity contribution in [3.63, 3.8) is 0 Å². The number of Topliss-reactive ketones (excluding diaryl/α,β-unsaturated/α-hetero) is 1. The van der Waals surface area contributed by atoms with Gasteiger partial charge in [0.05, 0.1) is 11.0 Å². The summed E-state index contributed by atoms with van der Waals surface area (Å²) in [6.45, 7) is 3.49. The molecule has 1 aliphatic carbocycles. The van der Waals surface area contributed by atoms with E-state index in [-0.39, 0.29) is 16.6 Å². The third-order valence-electron chi connectivity index (χ3n) is 6.65. The molecule has 30 heavy (non-hydrogen) atoms. The van der Waals surface area contributed by atoms with Crippen molar-refractivity contribution < 1.29 is 9.21 Å². The average molecular weight is 392 g/mol. The van der Waals surface area contributed by atoms with Gasteiger partial charge in [-0.25, -0.2) is 0 Å². The summed E-state index contributed by atoms with van der Waals surface area (Å²) in [7, 11) is 0. The first-order valence-electron chi connectivity index (χ1n) is 10.4. The Bertz CT molecular complexity index is 1150. The van der Waals surface area contributed by atoms with Crippen LogP contribution in [0.1, 0.15) is 51.9 Å². The summed E-state index contributed by atoms with van der Waals surface area (Å²) in [6, 6.07) is 33.9. The van der Waals surface area contributed by atoms with Crippen molar-refractivity contribution in [3.8, 4) is 0 Å². The zero-order chi connectivity index (χ0) is 20.8. The highest BCUT2D eigenvalue weighted by atomic mass is 16.3. The second kappa shape index (κ2) is 6.84. The second-order valence-corrected chi connectivity index (χ2v) is 8.22. The summed E-state index contributed by atoms with van der Waals surface area (Å²) in [4.78, 5) is 12.2. The highest BCUT2D eigenvalue weighted by molar-refractivity contribution is 5.95. The molecule has 1 saturated carbocycles. The molecule has 1 heterocycles. The number of benzene rings is 3. The van der Waals surface area contributed by atoms with Gasteiger partial charge in [0.15, 0.2) is 5.78 Å². The SMILES string of the molecule is CC(=O)c1cc([C@]2(c3ccccc3)CC2(c2ccccc2)c2ccccc2)oc1C. The van der Waals surface area contributed by atoms with Gasteiger partial charge < -0.3 is 4.42 Å². The van der Waals surface area contributed by atoms with Crippen molar-refractivity contribution in [2.75, 3.05) is 0 Å². The van der Waals surface area contributed by atoms with Crippen LogP contribution in [-0.2, 0) is 10.8 Å². The maximum absolute atomic E-state index is 12.2. The number of hydrogen-bond donors (Lipinski definition) is 0. The van der Waals surface area contributed by atoms with Crippen LogP contribution >= 0.6 is 0 Å². The number of hydrogen-bond acceptors (Lipinski definition) is 2. The Labute approximate surface area is 177 Å². The molecule has 0 unspecified atom stereocenters. The van der Waals surface area contributed by atoms with E-state index in [1.807, 2.05) is 19.1 Å². The molecule has 0 N–H and O–H groups in total. The number of carbonyl (C=O) groups is 1. The predicted molar refractivity (Wildman–Crippen MR) is 119 cm³/mol.